The molecule has 0 aliphatic carbocycles. The number of benzene rings is 3. The van der Waals surface area contributed by atoms with E-state index in [0.29, 0.717) is 10.8 Å². The van der Waals surface area contributed by atoms with Crippen molar-refractivity contribution in [3.8, 4) is 16.9 Å². The summed E-state index contributed by atoms with van der Waals surface area (Å²) in [7, 11) is 0. The molecule has 0 saturated carbocycles. The van der Waals surface area contributed by atoms with E-state index in [2.05, 4.69) is 37.6 Å². The second-order valence-electron chi connectivity index (χ2n) is 6.16. The van der Waals surface area contributed by atoms with Crippen molar-refractivity contribution >= 4 is 39.3 Å². The average molecular weight is 474 g/mol. The average Bonchev–Trinajstić information content (AvgIpc) is 3.12. The molecule has 0 fully saturated rings. The maximum Gasteiger partial charge on any atom is 0.173 e. The predicted molar refractivity (Wildman–Crippen MR) is 118 cm³/mol. The van der Waals surface area contributed by atoms with Gasteiger partial charge in [-0.15, -0.1) is 0 Å². The van der Waals surface area contributed by atoms with Crippen LogP contribution in [0.3, 0.4) is 0 Å². The Morgan fingerprint density at radius 2 is 1.75 bits per heavy atom. The Morgan fingerprint density at radius 3 is 2.46 bits per heavy atom. The van der Waals surface area contributed by atoms with E-state index in [1.54, 1.807) is 23.9 Å². The smallest absolute Gasteiger partial charge is 0.173 e. The van der Waals surface area contributed by atoms with Crippen molar-refractivity contribution in [1.29, 1.82) is 0 Å². The van der Waals surface area contributed by atoms with Gasteiger partial charge in [-0.05, 0) is 48.0 Å². The minimum Gasteiger partial charge on any atom is -0.287 e. The van der Waals surface area contributed by atoms with E-state index < -0.39 is 0 Å². The Morgan fingerprint density at radius 1 is 1.00 bits per heavy atom. The molecule has 0 amide bonds. The van der Waals surface area contributed by atoms with Crippen molar-refractivity contribution in [2.45, 2.75) is 10.9 Å². The fourth-order valence-electron chi connectivity index (χ4n) is 2.85. The number of rotatable bonds is 5. The molecule has 0 radical (unpaired) electrons. The molecule has 0 saturated heterocycles. The SMILES string of the molecule is Fc1ccc(CSc2ncc(-c3ccc(Br)cc3)n2-c2cccc(Cl)c2)cc1. The lowest BCUT2D eigenvalue weighted by Crippen LogP contribution is -1.99. The molecular formula is C22H15BrClFN2S. The van der Waals surface area contributed by atoms with Crippen molar-refractivity contribution in [1.82, 2.24) is 9.55 Å². The summed E-state index contributed by atoms with van der Waals surface area (Å²) in [4.78, 5) is 4.65. The van der Waals surface area contributed by atoms with Crippen molar-refractivity contribution in [3.05, 3.63) is 99.9 Å². The molecule has 0 bridgehead atoms. The van der Waals surface area contributed by atoms with Crippen LogP contribution in [0.25, 0.3) is 16.9 Å². The molecular weight excluding hydrogens is 459 g/mol. The molecule has 140 valence electrons. The van der Waals surface area contributed by atoms with Crippen LogP contribution < -0.4 is 0 Å². The maximum absolute atomic E-state index is 13.2. The molecule has 0 aliphatic rings. The number of imidazole rings is 1. The summed E-state index contributed by atoms with van der Waals surface area (Å²) >= 11 is 11.3. The fourth-order valence-corrected chi connectivity index (χ4v) is 4.25. The highest BCUT2D eigenvalue weighted by Gasteiger charge is 2.15. The molecule has 0 atom stereocenters. The number of aromatic nitrogens is 2. The van der Waals surface area contributed by atoms with Gasteiger partial charge >= 0.3 is 0 Å². The van der Waals surface area contributed by atoms with Crippen molar-refractivity contribution < 1.29 is 4.39 Å². The molecule has 0 spiro atoms. The first-order valence-corrected chi connectivity index (χ1v) is 10.7. The molecule has 1 aromatic heterocycles. The highest BCUT2D eigenvalue weighted by Crippen LogP contribution is 2.32. The summed E-state index contributed by atoms with van der Waals surface area (Å²) in [5.41, 5.74) is 4.03. The lowest BCUT2D eigenvalue weighted by atomic mass is 10.1. The first kappa shape index (κ1) is 19.2. The van der Waals surface area contributed by atoms with Crippen LogP contribution in [-0.2, 0) is 5.75 Å². The van der Waals surface area contributed by atoms with E-state index >= 15 is 0 Å². The Bertz CT molecular complexity index is 1090. The van der Waals surface area contributed by atoms with Crippen molar-refractivity contribution in [3.63, 3.8) is 0 Å². The van der Waals surface area contributed by atoms with Gasteiger partial charge in [0, 0.05) is 26.5 Å². The molecule has 0 unspecified atom stereocenters. The zero-order valence-corrected chi connectivity index (χ0v) is 17.8. The molecule has 3 aromatic carbocycles. The van der Waals surface area contributed by atoms with Gasteiger partial charge in [-0.25, -0.2) is 9.37 Å². The van der Waals surface area contributed by atoms with Crippen LogP contribution in [0, 0.1) is 5.82 Å². The summed E-state index contributed by atoms with van der Waals surface area (Å²) in [6, 6.07) is 22.4. The normalized spacial score (nSPS) is 11.0. The van der Waals surface area contributed by atoms with Gasteiger partial charge in [-0.1, -0.05) is 69.6 Å². The van der Waals surface area contributed by atoms with Crippen LogP contribution in [0.4, 0.5) is 4.39 Å². The number of hydrogen-bond donors (Lipinski definition) is 0. The summed E-state index contributed by atoms with van der Waals surface area (Å²) in [6.07, 6.45) is 1.87. The molecule has 6 heteroatoms. The molecule has 2 nitrogen and oxygen atoms in total. The zero-order valence-electron chi connectivity index (χ0n) is 14.6. The van der Waals surface area contributed by atoms with E-state index in [4.69, 9.17) is 11.6 Å². The second kappa shape index (κ2) is 8.52. The number of thioether (sulfide) groups is 1. The Kier molecular flexibility index (Phi) is 5.85. The van der Waals surface area contributed by atoms with Gasteiger partial charge in [-0.3, -0.25) is 4.57 Å². The van der Waals surface area contributed by atoms with Gasteiger partial charge in [0.25, 0.3) is 0 Å². The van der Waals surface area contributed by atoms with Gasteiger partial charge in [0.15, 0.2) is 5.16 Å². The van der Waals surface area contributed by atoms with E-state index in [1.165, 1.54) is 12.1 Å². The number of halogens is 3. The second-order valence-corrected chi connectivity index (χ2v) is 8.46. The summed E-state index contributed by atoms with van der Waals surface area (Å²) < 4.78 is 16.3. The standard InChI is InChI=1S/C22H15BrClFN2S/c23-17-8-6-16(7-9-17)21-13-26-22(27(21)20-3-1-2-18(24)12-20)28-14-15-4-10-19(25)11-5-15/h1-13H,14H2. The zero-order chi connectivity index (χ0) is 19.5. The van der Waals surface area contributed by atoms with E-state index in [-0.39, 0.29) is 5.82 Å². The van der Waals surface area contributed by atoms with Gasteiger partial charge in [0.05, 0.1) is 11.9 Å². The summed E-state index contributed by atoms with van der Waals surface area (Å²) in [6.45, 7) is 0. The van der Waals surface area contributed by atoms with E-state index in [0.717, 1.165) is 32.1 Å². The minimum absolute atomic E-state index is 0.230. The highest BCUT2D eigenvalue weighted by atomic mass is 79.9. The number of hydrogen-bond acceptors (Lipinski definition) is 2. The lowest BCUT2D eigenvalue weighted by Gasteiger charge is -2.13. The third-order valence-corrected chi connectivity index (χ3v) is 6.00. The third-order valence-electron chi connectivity index (χ3n) is 4.22. The minimum atomic E-state index is -0.230. The van der Waals surface area contributed by atoms with Crippen LogP contribution in [0.1, 0.15) is 5.56 Å². The van der Waals surface area contributed by atoms with E-state index in [1.807, 2.05) is 42.6 Å². The molecule has 0 aliphatic heterocycles. The molecule has 28 heavy (non-hydrogen) atoms. The first-order valence-electron chi connectivity index (χ1n) is 8.57. The Balaban J connectivity index is 1.73. The third kappa shape index (κ3) is 4.32. The summed E-state index contributed by atoms with van der Waals surface area (Å²) in [5.74, 6) is 0.462. The van der Waals surface area contributed by atoms with Gasteiger partial charge in [0.2, 0.25) is 0 Å². The van der Waals surface area contributed by atoms with Crippen LogP contribution in [-0.4, -0.2) is 9.55 Å². The quantitative estimate of drug-likeness (QED) is 0.281. The number of nitrogens with zero attached hydrogens (tertiary/aromatic N) is 2. The van der Waals surface area contributed by atoms with Gasteiger partial charge in [-0.2, -0.15) is 0 Å². The van der Waals surface area contributed by atoms with E-state index in [9.17, 15) is 4.39 Å². The van der Waals surface area contributed by atoms with Gasteiger partial charge < -0.3 is 0 Å². The molecule has 1 heterocycles. The van der Waals surface area contributed by atoms with Gasteiger partial charge in [0.1, 0.15) is 5.82 Å². The van der Waals surface area contributed by atoms with Crippen molar-refractivity contribution in [2.24, 2.45) is 0 Å². The van der Waals surface area contributed by atoms with Crippen LogP contribution >= 0.6 is 39.3 Å². The van der Waals surface area contributed by atoms with Crippen LogP contribution in [0.2, 0.25) is 5.02 Å². The van der Waals surface area contributed by atoms with Crippen molar-refractivity contribution in [2.75, 3.05) is 0 Å². The Labute approximate surface area is 180 Å². The maximum atomic E-state index is 13.2. The fraction of sp³-hybridized carbons (Fsp3) is 0.0455. The topological polar surface area (TPSA) is 17.8 Å². The highest BCUT2D eigenvalue weighted by molar-refractivity contribution is 9.10. The predicted octanol–water partition coefficient (Wildman–Crippen LogP) is 7.39. The summed E-state index contributed by atoms with van der Waals surface area (Å²) in [5, 5.41) is 1.52. The van der Waals surface area contributed by atoms with Crippen LogP contribution in [0.5, 0.6) is 0 Å². The monoisotopic (exact) mass is 472 g/mol. The molecule has 4 rings (SSSR count). The first-order chi connectivity index (χ1) is 13.6. The lowest BCUT2D eigenvalue weighted by molar-refractivity contribution is 0.627. The van der Waals surface area contributed by atoms with Crippen LogP contribution in [0.15, 0.2) is 88.6 Å². The Hall–Kier alpha value is -2.08. The molecule has 4 aromatic rings. The molecule has 0 N–H and O–H groups in total. The largest absolute Gasteiger partial charge is 0.287 e.